The third-order valence-electron chi connectivity index (χ3n) is 3.20. The van der Waals surface area contributed by atoms with Gasteiger partial charge in [0, 0.05) is 35.5 Å². The Kier molecular flexibility index (Phi) is 5.99. The molecule has 0 aliphatic carbocycles. The molecule has 0 aliphatic rings. The number of hydrogen-bond donors (Lipinski definition) is 0. The van der Waals surface area contributed by atoms with Gasteiger partial charge >= 0.3 is 4.87 Å². The molecule has 2 aromatic rings. The fraction of sp³-hybridized carbons (Fsp3) is 0.333. The SMILES string of the molecule is C=CCN(Cc1ccc(Cl)s1)C(=O)CCn1c(C)csc1=O. The van der Waals surface area contributed by atoms with Gasteiger partial charge in [-0.1, -0.05) is 29.0 Å². The highest BCUT2D eigenvalue weighted by molar-refractivity contribution is 7.16. The van der Waals surface area contributed by atoms with Crippen molar-refractivity contribution in [2.24, 2.45) is 0 Å². The fourth-order valence-electron chi connectivity index (χ4n) is 2.08. The molecule has 0 spiro atoms. The van der Waals surface area contributed by atoms with Crippen molar-refractivity contribution in [1.29, 1.82) is 0 Å². The van der Waals surface area contributed by atoms with Gasteiger partial charge in [0.2, 0.25) is 5.91 Å². The van der Waals surface area contributed by atoms with E-state index in [0.717, 1.165) is 21.9 Å². The zero-order valence-electron chi connectivity index (χ0n) is 12.3. The number of aryl methyl sites for hydroxylation is 1. The van der Waals surface area contributed by atoms with Crippen LogP contribution in [-0.2, 0) is 17.9 Å². The van der Waals surface area contributed by atoms with E-state index >= 15 is 0 Å². The Balaban J connectivity index is 2.00. The van der Waals surface area contributed by atoms with Gasteiger partial charge in [0.1, 0.15) is 0 Å². The van der Waals surface area contributed by atoms with Gasteiger partial charge in [0.15, 0.2) is 0 Å². The molecule has 2 heterocycles. The van der Waals surface area contributed by atoms with E-state index in [1.165, 1.54) is 11.3 Å². The Labute approximate surface area is 142 Å². The zero-order valence-corrected chi connectivity index (χ0v) is 14.6. The number of aromatic nitrogens is 1. The van der Waals surface area contributed by atoms with Crippen LogP contribution in [0.15, 0.2) is 35.0 Å². The van der Waals surface area contributed by atoms with Crippen molar-refractivity contribution in [2.75, 3.05) is 6.54 Å². The van der Waals surface area contributed by atoms with E-state index in [1.807, 2.05) is 24.4 Å². The summed E-state index contributed by atoms with van der Waals surface area (Å²) in [6.45, 7) is 6.97. The Morgan fingerprint density at radius 2 is 2.27 bits per heavy atom. The van der Waals surface area contributed by atoms with E-state index in [4.69, 9.17) is 11.6 Å². The normalized spacial score (nSPS) is 10.6. The summed E-state index contributed by atoms with van der Waals surface area (Å²) in [5.74, 6) is 0.00178. The van der Waals surface area contributed by atoms with Gasteiger partial charge < -0.3 is 9.47 Å². The third-order valence-corrected chi connectivity index (χ3v) is 5.30. The number of rotatable bonds is 7. The summed E-state index contributed by atoms with van der Waals surface area (Å²) >= 11 is 8.55. The van der Waals surface area contributed by atoms with Crippen LogP contribution in [0.3, 0.4) is 0 Å². The maximum Gasteiger partial charge on any atom is 0.307 e. The van der Waals surface area contributed by atoms with Crippen molar-refractivity contribution in [3.05, 3.63) is 54.7 Å². The molecule has 0 aliphatic heterocycles. The molecule has 0 aromatic carbocycles. The monoisotopic (exact) mass is 356 g/mol. The number of nitrogens with zero attached hydrogens (tertiary/aromatic N) is 2. The first-order valence-electron chi connectivity index (χ1n) is 6.79. The minimum atomic E-state index is -0.0226. The van der Waals surface area contributed by atoms with Gasteiger partial charge in [-0.05, 0) is 19.1 Å². The van der Waals surface area contributed by atoms with Crippen LogP contribution in [0, 0.1) is 6.92 Å². The Morgan fingerprint density at radius 1 is 1.50 bits per heavy atom. The predicted molar refractivity (Wildman–Crippen MR) is 92.9 cm³/mol. The van der Waals surface area contributed by atoms with Crippen LogP contribution in [0.5, 0.6) is 0 Å². The first kappa shape index (κ1) is 17.0. The lowest BCUT2D eigenvalue weighted by molar-refractivity contribution is -0.131. The lowest BCUT2D eigenvalue weighted by atomic mass is 10.3. The zero-order chi connectivity index (χ0) is 16.1. The number of carbonyl (C=O) groups excluding carboxylic acids is 1. The van der Waals surface area contributed by atoms with Crippen molar-refractivity contribution in [3.63, 3.8) is 0 Å². The standard InChI is InChI=1S/C15H17ClN2O2S2/c1-3-7-17(9-12-4-5-13(16)22-12)14(19)6-8-18-11(2)10-21-15(18)20/h3-5,10H,1,6-9H2,2H3. The largest absolute Gasteiger partial charge is 0.334 e. The van der Waals surface area contributed by atoms with Gasteiger partial charge in [-0.2, -0.15) is 0 Å². The number of amides is 1. The maximum atomic E-state index is 12.4. The maximum absolute atomic E-state index is 12.4. The molecule has 2 aromatic heterocycles. The molecule has 0 radical (unpaired) electrons. The first-order valence-corrected chi connectivity index (χ1v) is 8.86. The number of carbonyl (C=O) groups is 1. The molecule has 7 heteroatoms. The molecular weight excluding hydrogens is 340 g/mol. The predicted octanol–water partition coefficient (Wildman–Crippen LogP) is 3.54. The number of hydrogen-bond acceptors (Lipinski definition) is 4. The summed E-state index contributed by atoms with van der Waals surface area (Å²) in [6.07, 6.45) is 2.00. The van der Waals surface area contributed by atoms with Gasteiger partial charge in [-0.25, -0.2) is 0 Å². The molecule has 0 unspecified atom stereocenters. The molecule has 0 saturated heterocycles. The quantitative estimate of drug-likeness (QED) is 0.712. The molecule has 0 fully saturated rings. The van der Waals surface area contributed by atoms with E-state index in [1.54, 1.807) is 15.5 Å². The number of thiazole rings is 1. The summed E-state index contributed by atoms with van der Waals surface area (Å²) in [6, 6.07) is 3.75. The van der Waals surface area contributed by atoms with Gasteiger partial charge in [0.25, 0.3) is 0 Å². The molecular formula is C15H17ClN2O2S2. The minimum absolute atomic E-state index is 0.00178. The molecule has 1 amide bonds. The van der Waals surface area contributed by atoms with Crippen LogP contribution in [0.4, 0.5) is 0 Å². The number of halogens is 1. The average molecular weight is 357 g/mol. The molecule has 0 N–H and O–H groups in total. The highest BCUT2D eigenvalue weighted by Gasteiger charge is 2.15. The molecule has 22 heavy (non-hydrogen) atoms. The van der Waals surface area contributed by atoms with Crippen molar-refractivity contribution in [1.82, 2.24) is 9.47 Å². The summed E-state index contributed by atoms with van der Waals surface area (Å²) in [5, 5.41) is 1.81. The summed E-state index contributed by atoms with van der Waals surface area (Å²) in [7, 11) is 0. The van der Waals surface area contributed by atoms with Crippen molar-refractivity contribution in [3.8, 4) is 0 Å². The van der Waals surface area contributed by atoms with Crippen LogP contribution in [0.25, 0.3) is 0 Å². The van der Waals surface area contributed by atoms with E-state index < -0.39 is 0 Å². The fourth-order valence-corrected chi connectivity index (χ4v) is 3.94. The molecule has 2 rings (SSSR count). The van der Waals surface area contributed by atoms with E-state index in [9.17, 15) is 9.59 Å². The second-order valence-corrected chi connectivity index (χ2v) is 7.43. The Hall–Kier alpha value is -1.37. The highest BCUT2D eigenvalue weighted by Crippen LogP contribution is 2.23. The third kappa shape index (κ3) is 4.32. The topological polar surface area (TPSA) is 42.3 Å². The highest BCUT2D eigenvalue weighted by atomic mass is 35.5. The van der Waals surface area contributed by atoms with Gasteiger partial charge in [-0.15, -0.1) is 17.9 Å². The van der Waals surface area contributed by atoms with Crippen LogP contribution in [-0.4, -0.2) is 21.9 Å². The van der Waals surface area contributed by atoms with Gasteiger partial charge in [0.05, 0.1) is 10.9 Å². The van der Waals surface area contributed by atoms with Crippen molar-refractivity contribution >= 4 is 40.2 Å². The number of thiophene rings is 1. The molecule has 118 valence electrons. The van der Waals surface area contributed by atoms with Crippen molar-refractivity contribution < 1.29 is 4.79 Å². The molecule has 0 atom stereocenters. The molecule has 0 bridgehead atoms. The lowest BCUT2D eigenvalue weighted by Crippen LogP contribution is -2.31. The summed E-state index contributed by atoms with van der Waals surface area (Å²) in [4.78, 5) is 26.8. The minimum Gasteiger partial charge on any atom is -0.334 e. The lowest BCUT2D eigenvalue weighted by Gasteiger charge is -2.20. The smallest absolute Gasteiger partial charge is 0.307 e. The van der Waals surface area contributed by atoms with E-state index in [-0.39, 0.29) is 10.8 Å². The Morgan fingerprint density at radius 3 is 2.82 bits per heavy atom. The summed E-state index contributed by atoms with van der Waals surface area (Å²) in [5.41, 5.74) is 0.892. The first-order chi connectivity index (χ1) is 10.5. The van der Waals surface area contributed by atoms with Crippen LogP contribution >= 0.6 is 34.3 Å². The molecule has 0 saturated carbocycles. The summed E-state index contributed by atoms with van der Waals surface area (Å²) < 4.78 is 2.35. The van der Waals surface area contributed by atoms with Crippen molar-refractivity contribution in [2.45, 2.75) is 26.4 Å². The van der Waals surface area contributed by atoms with Gasteiger partial charge in [-0.3, -0.25) is 9.59 Å². The van der Waals surface area contributed by atoms with E-state index in [0.29, 0.717) is 30.4 Å². The van der Waals surface area contributed by atoms with Crippen LogP contribution in [0.1, 0.15) is 17.0 Å². The molecule has 4 nitrogen and oxygen atoms in total. The second kappa shape index (κ2) is 7.76. The van der Waals surface area contributed by atoms with Crippen LogP contribution < -0.4 is 4.87 Å². The Bertz CT molecular complexity index is 717. The van der Waals surface area contributed by atoms with E-state index in [2.05, 4.69) is 6.58 Å². The van der Waals surface area contributed by atoms with Crippen LogP contribution in [0.2, 0.25) is 4.34 Å². The second-order valence-electron chi connectivity index (χ2n) is 4.81. The average Bonchev–Trinajstić information content (AvgIpc) is 3.03.